The summed E-state index contributed by atoms with van der Waals surface area (Å²) in [7, 11) is 0. The van der Waals surface area contributed by atoms with Gasteiger partial charge in [0.25, 0.3) is 0 Å². The lowest BCUT2D eigenvalue weighted by molar-refractivity contribution is 0.0221. The average molecular weight is 221 g/mol. The normalized spacial score (nSPS) is 31.7. The van der Waals surface area contributed by atoms with Crippen molar-refractivity contribution in [2.45, 2.75) is 58.8 Å². The van der Waals surface area contributed by atoms with Crippen molar-refractivity contribution in [3.8, 4) is 0 Å². The highest BCUT2D eigenvalue weighted by atomic mass is 15.1. The van der Waals surface area contributed by atoms with Crippen LogP contribution in [0.5, 0.6) is 0 Å². The molecular weight excluding hydrogens is 194 g/mol. The topological polar surface area (TPSA) is 3.24 Å². The molecule has 2 aliphatic carbocycles. The summed E-state index contributed by atoms with van der Waals surface area (Å²) in [5, 5.41) is 0. The van der Waals surface area contributed by atoms with Gasteiger partial charge >= 0.3 is 0 Å². The highest BCUT2D eigenvalue weighted by Crippen LogP contribution is 2.54. The third kappa shape index (κ3) is 1.81. The van der Waals surface area contributed by atoms with Crippen LogP contribution in [0.15, 0.2) is 0 Å². The second kappa shape index (κ2) is 3.73. The van der Waals surface area contributed by atoms with Crippen LogP contribution in [0.2, 0.25) is 0 Å². The van der Waals surface area contributed by atoms with Gasteiger partial charge in [-0.1, -0.05) is 20.3 Å². The number of piperidine rings is 1. The summed E-state index contributed by atoms with van der Waals surface area (Å²) in [5.74, 6) is 0.895. The van der Waals surface area contributed by atoms with Gasteiger partial charge in [-0.05, 0) is 68.4 Å². The van der Waals surface area contributed by atoms with Crippen LogP contribution in [0, 0.1) is 16.7 Å². The molecule has 3 rings (SSSR count). The van der Waals surface area contributed by atoms with Gasteiger partial charge in [-0.2, -0.15) is 0 Å². The molecule has 1 aliphatic heterocycles. The Balaban J connectivity index is 1.51. The fourth-order valence-corrected chi connectivity index (χ4v) is 3.89. The number of likely N-dealkylation sites (tertiary alicyclic amines) is 1. The molecule has 1 heteroatoms. The second-order valence-electron chi connectivity index (χ2n) is 7.15. The molecule has 0 radical (unpaired) electrons. The van der Waals surface area contributed by atoms with Gasteiger partial charge in [0.15, 0.2) is 0 Å². The molecular formula is C15H27N. The first-order chi connectivity index (χ1) is 7.64. The van der Waals surface area contributed by atoms with E-state index >= 15 is 0 Å². The van der Waals surface area contributed by atoms with Gasteiger partial charge in [-0.25, -0.2) is 0 Å². The Bertz CT molecular complexity index is 251. The molecule has 1 saturated heterocycles. The van der Waals surface area contributed by atoms with Crippen molar-refractivity contribution < 1.29 is 0 Å². The molecule has 92 valence electrons. The molecule has 0 aromatic rings. The van der Waals surface area contributed by atoms with Crippen molar-refractivity contribution in [2.24, 2.45) is 16.7 Å². The zero-order chi connectivity index (χ0) is 11.2. The van der Waals surface area contributed by atoms with E-state index in [9.17, 15) is 0 Å². The lowest BCUT2D eigenvalue weighted by Gasteiger charge is -2.48. The fraction of sp³-hybridized carbons (Fsp3) is 1.00. The lowest BCUT2D eigenvalue weighted by Crippen LogP contribution is -2.45. The van der Waals surface area contributed by atoms with E-state index in [1.165, 1.54) is 64.6 Å². The molecule has 0 bridgehead atoms. The molecule has 0 amide bonds. The molecule has 1 heterocycles. The Labute approximate surface area is 101 Å². The standard InChI is InChI=1S/C15H27N/c1-13(2)15(6-7-15)12-16-10-8-14(9-11-16)4-3-5-14/h13H,3-12H2,1-2H3. The van der Waals surface area contributed by atoms with Crippen molar-refractivity contribution in [1.82, 2.24) is 4.90 Å². The first-order valence-corrected chi connectivity index (χ1v) is 7.37. The van der Waals surface area contributed by atoms with E-state index in [2.05, 4.69) is 18.7 Å². The molecule has 0 unspecified atom stereocenters. The third-order valence-corrected chi connectivity index (χ3v) is 5.99. The van der Waals surface area contributed by atoms with E-state index in [0.29, 0.717) is 0 Å². The largest absolute Gasteiger partial charge is 0.303 e. The Hall–Kier alpha value is -0.0400. The van der Waals surface area contributed by atoms with Gasteiger partial charge in [0, 0.05) is 6.54 Å². The van der Waals surface area contributed by atoms with Gasteiger partial charge in [0.1, 0.15) is 0 Å². The molecule has 1 spiro atoms. The number of hydrogen-bond donors (Lipinski definition) is 0. The Morgan fingerprint density at radius 2 is 1.56 bits per heavy atom. The maximum atomic E-state index is 2.77. The maximum absolute atomic E-state index is 2.77. The van der Waals surface area contributed by atoms with Crippen LogP contribution >= 0.6 is 0 Å². The van der Waals surface area contributed by atoms with E-state index in [4.69, 9.17) is 0 Å². The smallest absolute Gasteiger partial charge is 0.00404 e. The minimum absolute atomic E-state index is 0.726. The summed E-state index contributed by atoms with van der Waals surface area (Å²) in [5.41, 5.74) is 1.55. The molecule has 3 fully saturated rings. The predicted molar refractivity (Wildman–Crippen MR) is 68.5 cm³/mol. The monoisotopic (exact) mass is 221 g/mol. The fourth-order valence-electron chi connectivity index (χ4n) is 3.89. The minimum Gasteiger partial charge on any atom is -0.303 e. The molecule has 0 atom stereocenters. The molecule has 0 aromatic carbocycles. The minimum atomic E-state index is 0.726. The highest BCUT2D eigenvalue weighted by Gasteiger charge is 2.47. The number of hydrogen-bond acceptors (Lipinski definition) is 1. The van der Waals surface area contributed by atoms with E-state index in [1.54, 1.807) is 0 Å². The van der Waals surface area contributed by atoms with Crippen molar-refractivity contribution in [1.29, 1.82) is 0 Å². The first kappa shape index (κ1) is 11.1. The summed E-state index contributed by atoms with van der Waals surface area (Å²) in [6.07, 6.45) is 10.6. The van der Waals surface area contributed by atoms with Crippen LogP contribution in [0.3, 0.4) is 0 Å². The quantitative estimate of drug-likeness (QED) is 0.702. The summed E-state index contributed by atoms with van der Waals surface area (Å²) in [4.78, 5) is 2.77. The summed E-state index contributed by atoms with van der Waals surface area (Å²) >= 11 is 0. The van der Waals surface area contributed by atoms with Gasteiger partial charge < -0.3 is 4.90 Å². The Kier molecular flexibility index (Phi) is 2.58. The highest BCUT2D eigenvalue weighted by molar-refractivity contribution is 5.00. The van der Waals surface area contributed by atoms with Crippen LogP contribution in [0.25, 0.3) is 0 Å². The van der Waals surface area contributed by atoms with Gasteiger partial charge in [0.05, 0.1) is 0 Å². The molecule has 0 N–H and O–H groups in total. The third-order valence-electron chi connectivity index (χ3n) is 5.99. The zero-order valence-electron chi connectivity index (χ0n) is 11.1. The molecule has 2 saturated carbocycles. The predicted octanol–water partition coefficient (Wildman–Crippen LogP) is 3.69. The van der Waals surface area contributed by atoms with E-state index in [-0.39, 0.29) is 0 Å². The van der Waals surface area contributed by atoms with Crippen LogP contribution in [-0.2, 0) is 0 Å². The van der Waals surface area contributed by atoms with Gasteiger partial charge in [0.2, 0.25) is 0 Å². The average Bonchev–Trinajstić information content (AvgIpc) is 2.98. The second-order valence-corrected chi connectivity index (χ2v) is 7.15. The van der Waals surface area contributed by atoms with Crippen molar-refractivity contribution in [3.63, 3.8) is 0 Å². The maximum Gasteiger partial charge on any atom is 0.00404 e. The van der Waals surface area contributed by atoms with Crippen molar-refractivity contribution in [2.75, 3.05) is 19.6 Å². The Morgan fingerprint density at radius 3 is 1.94 bits per heavy atom. The molecule has 3 aliphatic rings. The first-order valence-electron chi connectivity index (χ1n) is 7.37. The lowest BCUT2D eigenvalue weighted by atomic mass is 9.63. The van der Waals surface area contributed by atoms with Crippen LogP contribution in [-0.4, -0.2) is 24.5 Å². The van der Waals surface area contributed by atoms with Gasteiger partial charge in [-0.15, -0.1) is 0 Å². The number of rotatable bonds is 3. The van der Waals surface area contributed by atoms with Crippen molar-refractivity contribution in [3.05, 3.63) is 0 Å². The van der Waals surface area contributed by atoms with E-state index in [1.807, 2.05) is 0 Å². The Morgan fingerprint density at radius 1 is 0.938 bits per heavy atom. The SMILES string of the molecule is CC(C)C1(CN2CCC3(CCC3)CC2)CC1. The van der Waals surface area contributed by atoms with Crippen molar-refractivity contribution >= 4 is 0 Å². The van der Waals surface area contributed by atoms with E-state index < -0.39 is 0 Å². The van der Waals surface area contributed by atoms with Crippen LogP contribution in [0.4, 0.5) is 0 Å². The summed E-state index contributed by atoms with van der Waals surface area (Å²) in [6.45, 7) is 9.04. The number of nitrogens with zero attached hydrogens (tertiary/aromatic N) is 1. The molecule has 16 heavy (non-hydrogen) atoms. The van der Waals surface area contributed by atoms with Crippen LogP contribution in [0.1, 0.15) is 58.8 Å². The van der Waals surface area contributed by atoms with Gasteiger partial charge in [-0.3, -0.25) is 0 Å². The summed E-state index contributed by atoms with van der Waals surface area (Å²) in [6, 6.07) is 0. The van der Waals surface area contributed by atoms with Crippen LogP contribution < -0.4 is 0 Å². The molecule has 0 aromatic heterocycles. The zero-order valence-corrected chi connectivity index (χ0v) is 11.1. The summed E-state index contributed by atoms with van der Waals surface area (Å²) < 4.78 is 0. The molecule has 1 nitrogen and oxygen atoms in total. The van der Waals surface area contributed by atoms with E-state index in [0.717, 1.165) is 16.7 Å².